The molecule has 1 saturated heterocycles. The molecule has 0 saturated carbocycles. The average Bonchev–Trinajstić information content (AvgIpc) is 3.45. The summed E-state index contributed by atoms with van der Waals surface area (Å²) in [6.07, 6.45) is -6.86. The van der Waals surface area contributed by atoms with Gasteiger partial charge in [-0.05, 0) is 42.7 Å². The van der Waals surface area contributed by atoms with Crippen molar-refractivity contribution >= 4 is 10.9 Å². The fraction of sp³-hybridized carbons (Fsp3) is 0.393. The molecule has 1 aliphatic rings. The zero-order chi connectivity index (χ0) is 27.1. The lowest BCUT2D eigenvalue weighted by atomic mass is 9.74. The number of benzene rings is 2. The maximum absolute atomic E-state index is 13.6. The average molecular weight is 534 g/mol. The van der Waals surface area contributed by atoms with E-state index in [0.29, 0.717) is 30.7 Å². The number of fused-ring (bicyclic) bond motifs is 1. The number of nitrogens with zero attached hydrogens (tertiary/aromatic N) is 2. The van der Waals surface area contributed by atoms with Gasteiger partial charge >= 0.3 is 6.18 Å². The van der Waals surface area contributed by atoms with E-state index < -0.39 is 36.1 Å². The quantitative estimate of drug-likeness (QED) is 0.254. The number of H-pyrrole nitrogens is 1. The number of aromatic amines is 1. The third kappa shape index (κ3) is 5.07. The van der Waals surface area contributed by atoms with Crippen molar-refractivity contribution in [2.45, 2.75) is 57.0 Å². The second kappa shape index (κ2) is 10.1. The van der Waals surface area contributed by atoms with Gasteiger partial charge in [-0.3, -0.25) is 0 Å². The molecule has 1 aliphatic heterocycles. The molecule has 0 radical (unpaired) electrons. The Balaban J connectivity index is 1.59. The summed E-state index contributed by atoms with van der Waals surface area (Å²) in [6, 6.07) is 14.5. The highest BCUT2D eigenvalue weighted by atomic mass is 19.4. The number of rotatable bonds is 7. The number of nitrogens with one attached hydrogen (secondary N) is 1. The maximum atomic E-state index is 13.6. The lowest BCUT2D eigenvalue weighted by molar-refractivity contribution is -0.137. The topological polar surface area (TPSA) is 52.1 Å². The molecule has 2 atom stereocenters. The Morgan fingerprint density at radius 1 is 1.16 bits per heavy atom. The first kappa shape index (κ1) is 26.4. The Labute approximate surface area is 216 Å². The minimum absolute atomic E-state index is 0.0804. The monoisotopic (exact) mass is 533 g/mol. The van der Waals surface area contributed by atoms with Crippen LogP contribution in [0.1, 0.15) is 48.5 Å². The van der Waals surface area contributed by atoms with E-state index in [1.807, 2.05) is 24.3 Å². The molecule has 0 amide bonds. The van der Waals surface area contributed by atoms with E-state index in [-0.39, 0.29) is 12.4 Å². The largest absolute Gasteiger partial charge is 0.416 e. The van der Waals surface area contributed by atoms with Gasteiger partial charge in [0.25, 0.3) is 0 Å². The van der Waals surface area contributed by atoms with Crippen molar-refractivity contribution in [3.8, 4) is 11.1 Å². The lowest BCUT2D eigenvalue weighted by Gasteiger charge is -2.38. The molecule has 10 heteroatoms. The van der Waals surface area contributed by atoms with Crippen molar-refractivity contribution in [2.75, 3.05) is 13.7 Å². The molecule has 0 spiro atoms. The minimum Gasteiger partial charge on any atom is -0.372 e. The minimum atomic E-state index is -4.47. The fourth-order valence-electron chi connectivity index (χ4n) is 5.39. The normalized spacial score (nSPS) is 20.5. The second-order valence-electron chi connectivity index (χ2n) is 9.95. The van der Waals surface area contributed by atoms with Gasteiger partial charge in [0.05, 0.1) is 23.4 Å². The predicted octanol–water partition coefficient (Wildman–Crippen LogP) is 7.27. The Morgan fingerprint density at radius 3 is 2.68 bits per heavy atom. The van der Waals surface area contributed by atoms with Crippen LogP contribution in [-0.2, 0) is 34.2 Å². The van der Waals surface area contributed by atoms with E-state index >= 15 is 0 Å². The van der Waals surface area contributed by atoms with Gasteiger partial charge in [0.2, 0.25) is 6.43 Å². The van der Waals surface area contributed by atoms with E-state index in [4.69, 9.17) is 9.47 Å². The highest BCUT2D eigenvalue weighted by molar-refractivity contribution is 5.98. The molecule has 202 valence electrons. The van der Waals surface area contributed by atoms with Crippen LogP contribution in [0.2, 0.25) is 0 Å². The maximum Gasteiger partial charge on any atom is 0.416 e. The Morgan fingerprint density at radius 2 is 1.95 bits per heavy atom. The van der Waals surface area contributed by atoms with Crippen LogP contribution in [0, 0.1) is 0 Å². The molecule has 3 heterocycles. The van der Waals surface area contributed by atoms with E-state index in [1.165, 1.54) is 23.9 Å². The first-order valence-electron chi connectivity index (χ1n) is 12.3. The summed E-state index contributed by atoms with van der Waals surface area (Å²) in [6.45, 7) is 2.51. The number of ether oxygens (including phenoxy) is 2. The van der Waals surface area contributed by atoms with Crippen LogP contribution in [0.4, 0.5) is 22.0 Å². The SMILES string of the molecule is COCn1nc(CC(F)F)cc1C1CC(C)(c2[nH]c3ccccc3c2-c2cccc(C(F)(F)F)c2)CCO1. The zero-order valence-corrected chi connectivity index (χ0v) is 21.0. The van der Waals surface area contributed by atoms with Gasteiger partial charge in [-0.2, -0.15) is 18.3 Å². The van der Waals surface area contributed by atoms with Crippen LogP contribution in [0.15, 0.2) is 54.6 Å². The van der Waals surface area contributed by atoms with Gasteiger partial charge in [-0.1, -0.05) is 37.3 Å². The summed E-state index contributed by atoms with van der Waals surface area (Å²) in [7, 11) is 1.50. The molecule has 2 aromatic carbocycles. The van der Waals surface area contributed by atoms with Crippen LogP contribution in [0.3, 0.4) is 0 Å². The highest BCUT2D eigenvalue weighted by Gasteiger charge is 2.40. The molecule has 5 rings (SSSR count). The highest BCUT2D eigenvalue weighted by Crippen LogP contribution is 2.48. The molecule has 38 heavy (non-hydrogen) atoms. The number of halogens is 5. The van der Waals surface area contributed by atoms with Crippen LogP contribution in [0.25, 0.3) is 22.0 Å². The number of aromatic nitrogens is 3. The predicted molar refractivity (Wildman–Crippen MR) is 133 cm³/mol. The van der Waals surface area contributed by atoms with Crippen molar-refractivity contribution in [3.63, 3.8) is 0 Å². The summed E-state index contributed by atoms with van der Waals surface area (Å²) < 4.78 is 79.7. The van der Waals surface area contributed by atoms with Gasteiger partial charge in [0.1, 0.15) is 12.8 Å². The van der Waals surface area contributed by atoms with Gasteiger partial charge in [-0.15, -0.1) is 0 Å². The standard InChI is InChI=1S/C28H28F5N3O2/c1-27(10-11-38-23(15-27)22-13-19(14-24(29)30)35-36(22)16-37-2)26-25(20-8-3-4-9-21(20)34-26)17-6-5-7-18(12-17)28(31,32)33/h3-9,12-13,23-24,34H,10-11,14-16H2,1-2H3. The third-order valence-electron chi connectivity index (χ3n) is 7.20. The smallest absolute Gasteiger partial charge is 0.372 e. The summed E-state index contributed by atoms with van der Waals surface area (Å²) >= 11 is 0. The number of hydrogen-bond donors (Lipinski definition) is 1. The Hall–Kier alpha value is -3.24. The summed E-state index contributed by atoms with van der Waals surface area (Å²) in [5.74, 6) is 0. The molecular formula is C28H28F5N3O2. The van der Waals surface area contributed by atoms with Crippen molar-refractivity contribution in [1.29, 1.82) is 0 Å². The number of alkyl halides is 5. The van der Waals surface area contributed by atoms with Crippen molar-refractivity contribution in [1.82, 2.24) is 14.8 Å². The van der Waals surface area contributed by atoms with E-state index in [2.05, 4.69) is 17.0 Å². The van der Waals surface area contributed by atoms with Crippen molar-refractivity contribution in [3.05, 3.63) is 77.2 Å². The molecular weight excluding hydrogens is 505 g/mol. The molecule has 0 aliphatic carbocycles. The Bertz CT molecular complexity index is 1430. The zero-order valence-electron chi connectivity index (χ0n) is 21.0. The van der Waals surface area contributed by atoms with E-state index in [1.54, 1.807) is 12.1 Å². The summed E-state index contributed by atoms with van der Waals surface area (Å²) in [5.41, 5.74) is 2.48. The fourth-order valence-corrected chi connectivity index (χ4v) is 5.39. The Kier molecular flexibility index (Phi) is 7.04. The number of methoxy groups -OCH3 is 1. The summed E-state index contributed by atoms with van der Waals surface area (Å²) in [5, 5.41) is 5.11. The van der Waals surface area contributed by atoms with Crippen LogP contribution in [-0.4, -0.2) is 34.9 Å². The third-order valence-corrected chi connectivity index (χ3v) is 7.20. The van der Waals surface area contributed by atoms with Gasteiger partial charge in [0, 0.05) is 41.3 Å². The molecule has 1 N–H and O–H groups in total. The molecule has 4 aromatic rings. The van der Waals surface area contributed by atoms with Gasteiger partial charge in [-0.25, -0.2) is 13.5 Å². The number of hydrogen-bond acceptors (Lipinski definition) is 3. The first-order chi connectivity index (χ1) is 18.1. The van der Waals surface area contributed by atoms with Crippen molar-refractivity contribution in [2.24, 2.45) is 0 Å². The number of para-hydroxylation sites is 1. The van der Waals surface area contributed by atoms with Gasteiger partial charge in [0.15, 0.2) is 0 Å². The molecule has 5 nitrogen and oxygen atoms in total. The van der Waals surface area contributed by atoms with Crippen LogP contribution >= 0.6 is 0 Å². The second-order valence-corrected chi connectivity index (χ2v) is 9.95. The van der Waals surface area contributed by atoms with Crippen LogP contribution < -0.4 is 0 Å². The van der Waals surface area contributed by atoms with Crippen molar-refractivity contribution < 1.29 is 31.4 Å². The molecule has 2 unspecified atom stereocenters. The van der Waals surface area contributed by atoms with E-state index in [9.17, 15) is 22.0 Å². The molecule has 0 bridgehead atoms. The van der Waals surface area contributed by atoms with E-state index in [0.717, 1.165) is 28.2 Å². The molecule has 1 fully saturated rings. The lowest BCUT2D eigenvalue weighted by Crippen LogP contribution is -2.34. The summed E-state index contributed by atoms with van der Waals surface area (Å²) in [4.78, 5) is 3.49. The van der Waals surface area contributed by atoms with Gasteiger partial charge < -0.3 is 14.5 Å². The first-order valence-corrected chi connectivity index (χ1v) is 12.3. The van der Waals surface area contributed by atoms with Crippen LogP contribution in [0.5, 0.6) is 0 Å². The molecule has 2 aromatic heterocycles.